The first-order valence-electron chi connectivity index (χ1n) is 6.20. The lowest BCUT2D eigenvalue weighted by Crippen LogP contribution is -2.14. The van der Waals surface area contributed by atoms with E-state index in [1.54, 1.807) is 0 Å². The predicted molar refractivity (Wildman–Crippen MR) is 76.8 cm³/mol. The van der Waals surface area contributed by atoms with Gasteiger partial charge in [0.05, 0.1) is 6.61 Å². The van der Waals surface area contributed by atoms with Crippen molar-refractivity contribution < 1.29 is 5.11 Å². The SMILES string of the molecule is Cc1nc(NCCO)cc(N(C)c2ccccc2)n1. The standard InChI is InChI=1S/C14H18N4O/c1-11-16-13(15-8-9-19)10-14(17-11)18(2)12-6-4-3-5-7-12/h3-7,10,19H,8-9H2,1-2H3,(H,15,16,17). The number of para-hydroxylation sites is 1. The van der Waals surface area contributed by atoms with Crippen molar-refractivity contribution in [2.24, 2.45) is 0 Å². The highest BCUT2D eigenvalue weighted by atomic mass is 16.3. The summed E-state index contributed by atoms with van der Waals surface area (Å²) in [7, 11) is 1.97. The molecule has 19 heavy (non-hydrogen) atoms. The zero-order valence-corrected chi connectivity index (χ0v) is 11.2. The molecule has 0 saturated heterocycles. The molecule has 0 amide bonds. The van der Waals surface area contributed by atoms with Gasteiger partial charge in [0, 0.05) is 25.3 Å². The summed E-state index contributed by atoms with van der Waals surface area (Å²) >= 11 is 0. The van der Waals surface area contributed by atoms with Gasteiger partial charge in [-0.25, -0.2) is 9.97 Å². The molecule has 0 bridgehead atoms. The van der Waals surface area contributed by atoms with Gasteiger partial charge in [0.25, 0.3) is 0 Å². The Balaban J connectivity index is 2.26. The van der Waals surface area contributed by atoms with Gasteiger partial charge in [-0.2, -0.15) is 0 Å². The van der Waals surface area contributed by atoms with Gasteiger partial charge >= 0.3 is 0 Å². The summed E-state index contributed by atoms with van der Waals surface area (Å²) in [6.07, 6.45) is 0. The third-order valence-electron chi connectivity index (χ3n) is 2.73. The molecule has 0 spiro atoms. The zero-order chi connectivity index (χ0) is 13.7. The molecular weight excluding hydrogens is 240 g/mol. The Kier molecular flexibility index (Phi) is 4.30. The van der Waals surface area contributed by atoms with Gasteiger partial charge in [-0.1, -0.05) is 18.2 Å². The van der Waals surface area contributed by atoms with E-state index in [-0.39, 0.29) is 6.61 Å². The second kappa shape index (κ2) is 6.15. The van der Waals surface area contributed by atoms with E-state index in [1.807, 2.05) is 55.3 Å². The van der Waals surface area contributed by atoms with Crippen LogP contribution in [0.2, 0.25) is 0 Å². The molecule has 100 valence electrons. The number of hydrogen-bond donors (Lipinski definition) is 2. The molecule has 0 saturated carbocycles. The minimum atomic E-state index is 0.0763. The summed E-state index contributed by atoms with van der Waals surface area (Å²) in [5.74, 6) is 2.24. The molecular formula is C14H18N4O. The van der Waals surface area contributed by atoms with Crippen molar-refractivity contribution in [3.63, 3.8) is 0 Å². The molecule has 1 aromatic carbocycles. The van der Waals surface area contributed by atoms with Crippen LogP contribution in [0.3, 0.4) is 0 Å². The minimum absolute atomic E-state index is 0.0763. The number of aliphatic hydroxyl groups excluding tert-OH is 1. The minimum Gasteiger partial charge on any atom is -0.395 e. The molecule has 1 heterocycles. The van der Waals surface area contributed by atoms with E-state index in [9.17, 15) is 0 Å². The lowest BCUT2D eigenvalue weighted by atomic mass is 10.3. The third kappa shape index (κ3) is 3.42. The van der Waals surface area contributed by atoms with Crippen molar-refractivity contribution in [2.75, 3.05) is 30.4 Å². The van der Waals surface area contributed by atoms with Crippen LogP contribution in [0.1, 0.15) is 5.82 Å². The fraction of sp³-hybridized carbons (Fsp3) is 0.286. The van der Waals surface area contributed by atoms with Gasteiger partial charge in [-0.05, 0) is 19.1 Å². The van der Waals surface area contributed by atoms with Crippen LogP contribution in [0.25, 0.3) is 0 Å². The van der Waals surface area contributed by atoms with E-state index in [0.29, 0.717) is 12.4 Å². The Morgan fingerprint density at radius 2 is 1.95 bits per heavy atom. The second-order valence-electron chi connectivity index (χ2n) is 4.20. The van der Waals surface area contributed by atoms with Crippen molar-refractivity contribution >= 4 is 17.3 Å². The highest BCUT2D eigenvalue weighted by Gasteiger charge is 2.08. The van der Waals surface area contributed by atoms with Gasteiger partial charge < -0.3 is 15.3 Å². The largest absolute Gasteiger partial charge is 0.395 e. The highest BCUT2D eigenvalue weighted by molar-refractivity contribution is 5.61. The molecule has 0 radical (unpaired) electrons. The molecule has 2 aromatic rings. The van der Waals surface area contributed by atoms with Crippen LogP contribution in [-0.2, 0) is 0 Å². The van der Waals surface area contributed by atoms with E-state index >= 15 is 0 Å². The number of nitrogens with one attached hydrogen (secondary N) is 1. The average molecular weight is 258 g/mol. The molecule has 5 heteroatoms. The molecule has 0 unspecified atom stereocenters. The average Bonchev–Trinajstić information content (AvgIpc) is 2.44. The lowest BCUT2D eigenvalue weighted by Gasteiger charge is -2.19. The van der Waals surface area contributed by atoms with Crippen LogP contribution in [0, 0.1) is 6.92 Å². The third-order valence-corrected chi connectivity index (χ3v) is 2.73. The van der Waals surface area contributed by atoms with E-state index in [4.69, 9.17) is 5.11 Å². The molecule has 0 atom stereocenters. The maximum absolute atomic E-state index is 8.84. The van der Waals surface area contributed by atoms with Gasteiger partial charge in [0.1, 0.15) is 17.5 Å². The molecule has 1 aromatic heterocycles. The fourth-order valence-electron chi connectivity index (χ4n) is 1.78. The molecule has 0 aliphatic rings. The highest BCUT2D eigenvalue weighted by Crippen LogP contribution is 2.22. The normalized spacial score (nSPS) is 10.3. The molecule has 2 N–H and O–H groups in total. The van der Waals surface area contributed by atoms with Crippen LogP contribution in [0.15, 0.2) is 36.4 Å². The van der Waals surface area contributed by atoms with Gasteiger partial charge in [-0.15, -0.1) is 0 Å². The summed E-state index contributed by atoms with van der Waals surface area (Å²) in [6.45, 7) is 2.41. The monoisotopic (exact) mass is 258 g/mol. The maximum Gasteiger partial charge on any atom is 0.138 e. The zero-order valence-electron chi connectivity index (χ0n) is 11.2. The van der Waals surface area contributed by atoms with Crippen molar-refractivity contribution in [1.82, 2.24) is 9.97 Å². The van der Waals surface area contributed by atoms with Gasteiger partial charge in [0.15, 0.2) is 0 Å². The van der Waals surface area contributed by atoms with E-state index < -0.39 is 0 Å². The molecule has 0 fully saturated rings. The Morgan fingerprint density at radius 1 is 1.21 bits per heavy atom. The summed E-state index contributed by atoms with van der Waals surface area (Å²) in [5, 5.41) is 11.9. The number of anilines is 3. The van der Waals surface area contributed by atoms with Crippen molar-refractivity contribution in [1.29, 1.82) is 0 Å². The Morgan fingerprint density at radius 3 is 2.63 bits per heavy atom. The molecule has 0 aliphatic carbocycles. The van der Waals surface area contributed by atoms with Crippen LogP contribution in [-0.4, -0.2) is 35.3 Å². The number of aryl methyl sites for hydroxylation is 1. The predicted octanol–water partition coefficient (Wildman–Crippen LogP) is 1.96. The summed E-state index contributed by atoms with van der Waals surface area (Å²) < 4.78 is 0. The number of benzene rings is 1. The van der Waals surface area contributed by atoms with Crippen LogP contribution in [0.5, 0.6) is 0 Å². The lowest BCUT2D eigenvalue weighted by molar-refractivity contribution is 0.311. The number of hydrogen-bond acceptors (Lipinski definition) is 5. The first-order chi connectivity index (χ1) is 9.20. The molecule has 0 aliphatic heterocycles. The van der Waals surface area contributed by atoms with Crippen molar-refractivity contribution in [3.8, 4) is 0 Å². The van der Waals surface area contributed by atoms with E-state index in [0.717, 1.165) is 17.3 Å². The maximum atomic E-state index is 8.84. The van der Waals surface area contributed by atoms with Gasteiger partial charge in [0.2, 0.25) is 0 Å². The number of rotatable bonds is 5. The second-order valence-corrected chi connectivity index (χ2v) is 4.20. The summed E-state index contributed by atoms with van der Waals surface area (Å²) in [6, 6.07) is 11.9. The first kappa shape index (κ1) is 13.3. The number of nitrogens with zero attached hydrogens (tertiary/aromatic N) is 3. The van der Waals surface area contributed by atoms with E-state index in [1.165, 1.54) is 0 Å². The molecule has 5 nitrogen and oxygen atoms in total. The van der Waals surface area contributed by atoms with E-state index in [2.05, 4.69) is 15.3 Å². The van der Waals surface area contributed by atoms with Crippen molar-refractivity contribution in [2.45, 2.75) is 6.92 Å². The Bertz CT molecular complexity index is 530. The van der Waals surface area contributed by atoms with Crippen LogP contribution < -0.4 is 10.2 Å². The quantitative estimate of drug-likeness (QED) is 0.858. The molecule has 2 rings (SSSR count). The Hall–Kier alpha value is -2.14. The Labute approximate surface area is 112 Å². The number of aliphatic hydroxyl groups is 1. The summed E-state index contributed by atoms with van der Waals surface area (Å²) in [4.78, 5) is 10.7. The van der Waals surface area contributed by atoms with Crippen molar-refractivity contribution in [3.05, 3.63) is 42.2 Å². The van der Waals surface area contributed by atoms with Crippen LogP contribution >= 0.6 is 0 Å². The summed E-state index contributed by atoms with van der Waals surface area (Å²) in [5.41, 5.74) is 1.06. The first-order valence-corrected chi connectivity index (χ1v) is 6.20. The van der Waals surface area contributed by atoms with Crippen LogP contribution in [0.4, 0.5) is 17.3 Å². The number of aromatic nitrogens is 2. The fourth-order valence-corrected chi connectivity index (χ4v) is 1.78. The smallest absolute Gasteiger partial charge is 0.138 e. The topological polar surface area (TPSA) is 61.3 Å². The van der Waals surface area contributed by atoms with Gasteiger partial charge in [-0.3, -0.25) is 0 Å².